The third-order valence-electron chi connectivity index (χ3n) is 8.50. The van der Waals surface area contributed by atoms with Crippen LogP contribution < -0.4 is 5.32 Å². The standard InChI is InChI=1S/C23H18ClN3O3.C17H12Cl2N2O3/c24-18-13-17(22(28)20-16(18)9-6-12-26-20)21(19-10-4-5-11-25-19)27(23(29)30)14-15-7-2-1-3-8-15;18-12-6-2-1-4-9(12)14(21-17(23)24)11-8-13(19)10-5-3-7-20-15(10)16(11)22/h1-13,21,28H,14H2,(H,29,30);1-8,14,21-22H,(H,23,24). The van der Waals surface area contributed by atoms with Gasteiger partial charge in [0.2, 0.25) is 0 Å². The number of amides is 2. The van der Waals surface area contributed by atoms with Crippen molar-refractivity contribution in [3.63, 3.8) is 0 Å². The highest BCUT2D eigenvalue weighted by Crippen LogP contribution is 2.42. The first-order chi connectivity index (χ1) is 26.0. The summed E-state index contributed by atoms with van der Waals surface area (Å²) in [5.74, 6) is -0.265. The second-order valence-corrected chi connectivity index (χ2v) is 13.1. The summed E-state index contributed by atoms with van der Waals surface area (Å²) in [6, 6.07) is 29.5. The summed E-state index contributed by atoms with van der Waals surface area (Å²) in [5.41, 5.74) is 2.99. The predicted octanol–water partition coefficient (Wildman–Crippen LogP) is 9.86. The van der Waals surface area contributed by atoms with Gasteiger partial charge in [0.1, 0.15) is 28.6 Å². The highest BCUT2D eigenvalue weighted by atomic mass is 35.5. The van der Waals surface area contributed by atoms with Crippen LogP contribution in [0.2, 0.25) is 15.1 Å². The van der Waals surface area contributed by atoms with Crippen molar-refractivity contribution >= 4 is 68.8 Å². The van der Waals surface area contributed by atoms with Gasteiger partial charge in [-0.25, -0.2) is 9.59 Å². The molecule has 0 saturated carbocycles. The number of pyridine rings is 3. The van der Waals surface area contributed by atoms with Crippen molar-refractivity contribution in [1.82, 2.24) is 25.2 Å². The third-order valence-corrected chi connectivity index (χ3v) is 9.47. The van der Waals surface area contributed by atoms with Crippen LogP contribution in [0.3, 0.4) is 0 Å². The van der Waals surface area contributed by atoms with Crippen LogP contribution in [0.4, 0.5) is 9.59 Å². The minimum atomic E-state index is -1.25. The molecule has 0 aliphatic rings. The van der Waals surface area contributed by atoms with Crippen molar-refractivity contribution in [2.45, 2.75) is 18.6 Å². The molecule has 11 nitrogen and oxygen atoms in total. The number of carboxylic acid groups (broad SMARTS) is 2. The van der Waals surface area contributed by atoms with E-state index in [2.05, 4.69) is 20.3 Å². The second kappa shape index (κ2) is 16.7. The lowest BCUT2D eigenvalue weighted by Crippen LogP contribution is -2.34. The maximum Gasteiger partial charge on any atom is 0.408 e. The molecule has 7 rings (SSSR count). The summed E-state index contributed by atoms with van der Waals surface area (Å²) in [5, 5.41) is 45.5. The smallest absolute Gasteiger partial charge is 0.408 e. The molecule has 54 heavy (non-hydrogen) atoms. The number of rotatable bonds is 8. The fourth-order valence-corrected chi connectivity index (χ4v) is 6.86. The lowest BCUT2D eigenvalue weighted by molar-refractivity contribution is 0.127. The van der Waals surface area contributed by atoms with Gasteiger partial charge in [-0.3, -0.25) is 19.9 Å². The van der Waals surface area contributed by atoms with Crippen molar-refractivity contribution in [3.05, 3.63) is 171 Å². The zero-order chi connectivity index (χ0) is 38.4. The third kappa shape index (κ3) is 8.08. The van der Waals surface area contributed by atoms with Crippen LogP contribution in [-0.4, -0.2) is 52.5 Å². The minimum absolute atomic E-state index is 0.106. The summed E-state index contributed by atoms with van der Waals surface area (Å²) in [4.78, 5) is 37.6. The molecule has 14 heteroatoms. The number of fused-ring (bicyclic) bond motifs is 2. The summed E-state index contributed by atoms with van der Waals surface area (Å²) in [7, 11) is 0. The molecular weight excluding hydrogens is 753 g/mol. The number of nitrogens with one attached hydrogen (secondary N) is 1. The zero-order valence-electron chi connectivity index (χ0n) is 28.0. The predicted molar refractivity (Wildman–Crippen MR) is 207 cm³/mol. The number of carbonyl (C=O) groups is 2. The van der Waals surface area contributed by atoms with E-state index in [4.69, 9.17) is 34.8 Å². The van der Waals surface area contributed by atoms with E-state index in [1.807, 2.05) is 30.3 Å². The van der Waals surface area contributed by atoms with Gasteiger partial charge in [0.25, 0.3) is 0 Å². The van der Waals surface area contributed by atoms with E-state index < -0.39 is 24.3 Å². The Balaban J connectivity index is 0.000000189. The van der Waals surface area contributed by atoms with Gasteiger partial charge in [0.15, 0.2) is 0 Å². The van der Waals surface area contributed by atoms with Crippen LogP contribution in [0.15, 0.2) is 128 Å². The highest BCUT2D eigenvalue weighted by Gasteiger charge is 2.32. The van der Waals surface area contributed by atoms with Gasteiger partial charge >= 0.3 is 12.2 Å². The summed E-state index contributed by atoms with van der Waals surface area (Å²) >= 11 is 19.0. The van der Waals surface area contributed by atoms with Crippen molar-refractivity contribution in [3.8, 4) is 11.5 Å². The fourth-order valence-electron chi connectivity index (χ4n) is 6.07. The largest absolute Gasteiger partial charge is 0.505 e. The monoisotopic (exact) mass is 781 g/mol. The number of halogens is 3. The van der Waals surface area contributed by atoms with Crippen LogP contribution in [-0.2, 0) is 6.54 Å². The fraction of sp³-hybridized carbons (Fsp3) is 0.0750. The Morgan fingerprint density at radius 1 is 0.630 bits per heavy atom. The molecule has 2 atom stereocenters. The molecule has 3 heterocycles. The molecule has 7 aromatic rings. The molecule has 0 bridgehead atoms. The van der Waals surface area contributed by atoms with E-state index in [0.29, 0.717) is 53.7 Å². The van der Waals surface area contributed by atoms with Gasteiger partial charge in [0.05, 0.1) is 28.3 Å². The molecule has 0 spiro atoms. The van der Waals surface area contributed by atoms with Crippen LogP contribution >= 0.6 is 34.8 Å². The topological polar surface area (TPSA) is 169 Å². The van der Waals surface area contributed by atoms with Gasteiger partial charge in [0, 0.05) is 45.5 Å². The molecule has 4 aromatic carbocycles. The Morgan fingerprint density at radius 3 is 1.76 bits per heavy atom. The van der Waals surface area contributed by atoms with Crippen LogP contribution in [0.1, 0.15) is 40.0 Å². The first kappa shape index (κ1) is 37.6. The Bertz CT molecular complexity index is 2460. The number of hydrogen-bond acceptors (Lipinski definition) is 7. The van der Waals surface area contributed by atoms with E-state index >= 15 is 0 Å². The SMILES string of the molecule is O=C(O)N(Cc1ccccc1)C(c1ccccn1)c1cc(Cl)c2cccnc2c1O.O=C(O)NC(c1ccccc1Cl)c1cc(Cl)c2cccnc2c1O. The van der Waals surface area contributed by atoms with Crippen LogP contribution in [0.25, 0.3) is 21.8 Å². The molecule has 0 radical (unpaired) electrons. The van der Waals surface area contributed by atoms with E-state index in [9.17, 15) is 30.0 Å². The molecule has 2 unspecified atom stereocenters. The number of aromatic nitrogens is 3. The normalized spacial score (nSPS) is 12.0. The Kier molecular flexibility index (Phi) is 11.6. The quantitative estimate of drug-likeness (QED) is 0.101. The lowest BCUT2D eigenvalue weighted by Gasteiger charge is -2.30. The minimum Gasteiger partial charge on any atom is -0.505 e. The number of nitrogens with zero attached hydrogens (tertiary/aromatic N) is 4. The van der Waals surface area contributed by atoms with Crippen molar-refractivity contribution < 1.29 is 30.0 Å². The summed E-state index contributed by atoms with van der Waals surface area (Å²) in [6.07, 6.45) is 2.26. The average molecular weight is 783 g/mol. The Morgan fingerprint density at radius 2 is 1.19 bits per heavy atom. The molecular formula is C40H30Cl3N5O6. The summed E-state index contributed by atoms with van der Waals surface area (Å²) in [6.45, 7) is 0.106. The van der Waals surface area contributed by atoms with Gasteiger partial charge in [-0.15, -0.1) is 0 Å². The number of phenols is 2. The number of aromatic hydroxyl groups is 2. The van der Waals surface area contributed by atoms with E-state index in [0.717, 1.165) is 5.56 Å². The molecule has 2 amide bonds. The lowest BCUT2D eigenvalue weighted by atomic mass is 9.96. The van der Waals surface area contributed by atoms with Gasteiger partial charge in [-0.1, -0.05) is 89.4 Å². The molecule has 0 aliphatic carbocycles. The number of phenolic OH excluding ortho intramolecular Hbond substituents is 2. The van der Waals surface area contributed by atoms with Crippen molar-refractivity contribution in [2.24, 2.45) is 0 Å². The Labute approximate surface area is 323 Å². The maximum atomic E-state index is 12.3. The van der Waals surface area contributed by atoms with Gasteiger partial charge in [-0.05, 0) is 65.7 Å². The molecule has 272 valence electrons. The average Bonchev–Trinajstić information content (AvgIpc) is 3.18. The van der Waals surface area contributed by atoms with Gasteiger partial charge in [-0.2, -0.15) is 0 Å². The Hall–Kier alpha value is -6.14. The van der Waals surface area contributed by atoms with E-state index in [1.165, 1.54) is 17.2 Å². The van der Waals surface area contributed by atoms with Crippen LogP contribution in [0, 0.1) is 0 Å². The zero-order valence-corrected chi connectivity index (χ0v) is 30.3. The van der Waals surface area contributed by atoms with Gasteiger partial charge < -0.3 is 25.7 Å². The number of benzene rings is 4. The maximum absolute atomic E-state index is 12.3. The molecule has 0 saturated heterocycles. The number of hydrogen-bond donors (Lipinski definition) is 5. The van der Waals surface area contributed by atoms with E-state index in [-0.39, 0.29) is 23.6 Å². The van der Waals surface area contributed by atoms with Crippen LogP contribution in [0.5, 0.6) is 11.5 Å². The second-order valence-electron chi connectivity index (χ2n) is 11.8. The molecule has 5 N–H and O–H groups in total. The highest BCUT2D eigenvalue weighted by molar-refractivity contribution is 6.36. The molecule has 0 fully saturated rings. The molecule has 0 aliphatic heterocycles. The summed E-state index contributed by atoms with van der Waals surface area (Å²) < 4.78 is 0. The molecule has 3 aromatic heterocycles. The van der Waals surface area contributed by atoms with Crippen molar-refractivity contribution in [2.75, 3.05) is 0 Å². The first-order valence-corrected chi connectivity index (χ1v) is 17.4. The van der Waals surface area contributed by atoms with Crippen molar-refractivity contribution in [1.29, 1.82) is 0 Å². The van der Waals surface area contributed by atoms with E-state index in [1.54, 1.807) is 85.2 Å². The first-order valence-electron chi connectivity index (χ1n) is 16.3.